The summed E-state index contributed by atoms with van der Waals surface area (Å²) in [5.74, 6) is 0. The molecule has 0 spiro atoms. The molecule has 0 bridgehead atoms. The Kier molecular flexibility index (Phi) is 1.58. The highest BCUT2D eigenvalue weighted by molar-refractivity contribution is 5.58. The van der Waals surface area contributed by atoms with Gasteiger partial charge in [0.25, 0.3) is 0 Å². The first-order chi connectivity index (χ1) is 4.17. The Morgan fingerprint density at radius 3 is 2.56 bits per heavy atom. The van der Waals surface area contributed by atoms with Crippen molar-refractivity contribution in [3.05, 3.63) is 0 Å². The predicted octanol–water partition coefficient (Wildman–Crippen LogP) is 1.00. The summed E-state index contributed by atoms with van der Waals surface area (Å²) in [6.07, 6.45) is 1.72. The second-order valence-corrected chi connectivity index (χ2v) is 3.17. The molecule has 52 valence electrons. The van der Waals surface area contributed by atoms with Crippen LogP contribution >= 0.6 is 0 Å². The Morgan fingerprint density at radius 2 is 2.33 bits per heavy atom. The molecule has 9 heavy (non-hydrogen) atoms. The molecule has 1 fully saturated rings. The van der Waals surface area contributed by atoms with Crippen LogP contribution in [0.25, 0.3) is 0 Å². The van der Waals surface area contributed by atoms with Crippen LogP contribution in [0.1, 0.15) is 20.3 Å². The first-order valence-electron chi connectivity index (χ1n) is 3.24. The lowest BCUT2D eigenvalue weighted by Crippen LogP contribution is -2.25. The second kappa shape index (κ2) is 2.10. The fraction of sp³-hybridized carbons (Fsp3) is 0.857. The minimum Gasteiger partial charge on any atom is -0.370 e. The lowest BCUT2D eigenvalue weighted by molar-refractivity contribution is -0.118. The van der Waals surface area contributed by atoms with Crippen LogP contribution in [0.15, 0.2) is 0 Å². The van der Waals surface area contributed by atoms with Gasteiger partial charge in [-0.25, -0.2) is 0 Å². The smallest absolute Gasteiger partial charge is 0.149 e. The monoisotopic (exact) mass is 128 g/mol. The molecule has 0 aromatic carbocycles. The van der Waals surface area contributed by atoms with Crippen molar-refractivity contribution >= 4 is 6.29 Å². The van der Waals surface area contributed by atoms with Gasteiger partial charge in [0.1, 0.15) is 12.4 Å². The van der Waals surface area contributed by atoms with E-state index in [1.54, 1.807) is 0 Å². The molecule has 0 aliphatic carbocycles. The standard InChI is InChI=1S/C7H12O2/c1-7(2)3-4-9-6(7)5-8/h5-6H,3-4H2,1-2H3. The van der Waals surface area contributed by atoms with Crippen LogP contribution in [0, 0.1) is 5.41 Å². The largest absolute Gasteiger partial charge is 0.370 e. The molecule has 1 saturated heterocycles. The average molecular weight is 128 g/mol. The lowest BCUT2D eigenvalue weighted by Gasteiger charge is -2.19. The minimum absolute atomic E-state index is 0.0712. The normalized spacial score (nSPS) is 32.4. The lowest BCUT2D eigenvalue weighted by atomic mass is 9.86. The van der Waals surface area contributed by atoms with Crippen LogP contribution < -0.4 is 0 Å². The fourth-order valence-corrected chi connectivity index (χ4v) is 1.04. The molecule has 1 rings (SSSR count). The number of aldehydes is 1. The van der Waals surface area contributed by atoms with E-state index < -0.39 is 0 Å². The van der Waals surface area contributed by atoms with Crippen molar-refractivity contribution in [1.82, 2.24) is 0 Å². The van der Waals surface area contributed by atoms with Gasteiger partial charge in [-0.15, -0.1) is 0 Å². The summed E-state index contributed by atoms with van der Waals surface area (Å²) < 4.78 is 5.15. The quantitative estimate of drug-likeness (QED) is 0.492. The zero-order valence-electron chi connectivity index (χ0n) is 5.89. The third-order valence-corrected chi connectivity index (χ3v) is 1.94. The van der Waals surface area contributed by atoms with Gasteiger partial charge in [-0.1, -0.05) is 13.8 Å². The van der Waals surface area contributed by atoms with E-state index in [9.17, 15) is 4.79 Å². The molecule has 0 aromatic rings. The van der Waals surface area contributed by atoms with Gasteiger partial charge in [0.05, 0.1) is 0 Å². The zero-order valence-corrected chi connectivity index (χ0v) is 5.89. The number of carbonyl (C=O) groups is 1. The van der Waals surface area contributed by atoms with E-state index in [0.29, 0.717) is 0 Å². The maximum atomic E-state index is 10.3. The number of ether oxygens (including phenoxy) is 1. The van der Waals surface area contributed by atoms with Crippen molar-refractivity contribution in [2.75, 3.05) is 6.61 Å². The van der Waals surface area contributed by atoms with E-state index in [0.717, 1.165) is 19.3 Å². The molecular weight excluding hydrogens is 116 g/mol. The van der Waals surface area contributed by atoms with Gasteiger partial charge in [0.2, 0.25) is 0 Å². The summed E-state index contributed by atoms with van der Waals surface area (Å²) in [4.78, 5) is 10.3. The number of hydrogen-bond acceptors (Lipinski definition) is 2. The molecule has 2 heteroatoms. The Hall–Kier alpha value is -0.370. The molecule has 0 amide bonds. The van der Waals surface area contributed by atoms with Crippen LogP contribution in [-0.2, 0) is 9.53 Å². The summed E-state index contributed by atoms with van der Waals surface area (Å²) in [7, 11) is 0. The fourth-order valence-electron chi connectivity index (χ4n) is 1.04. The topological polar surface area (TPSA) is 26.3 Å². The van der Waals surface area contributed by atoms with Gasteiger partial charge in [-0.05, 0) is 11.8 Å². The van der Waals surface area contributed by atoms with E-state index in [1.807, 2.05) is 0 Å². The number of rotatable bonds is 1. The van der Waals surface area contributed by atoms with Gasteiger partial charge in [0.15, 0.2) is 0 Å². The first-order valence-corrected chi connectivity index (χ1v) is 3.24. The van der Waals surface area contributed by atoms with Crippen LogP contribution in [-0.4, -0.2) is 19.0 Å². The Bertz CT molecular complexity index is 118. The van der Waals surface area contributed by atoms with Crippen molar-refractivity contribution in [3.63, 3.8) is 0 Å². The molecular formula is C7H12O2. The highest BCUT2D eigenvalue weighted by atomic mass is 16.5. The highest BCUT2D eigenvalue weighted by Gasteiger charge is 2.35. The minimum atomic E-state index is -0.169. The maximum Gasteiger partial charge on any atom is 0.149 e. The van der Waals surface area contributed by atoms with Crippen molar-refractivity contribution < 1.29 is 9.53 Å². The third kappa shape index (κ3) is 1.13. The summed E-state index contributed by atoms with van der Waals surface area (Å²) in [5, 5.41) is 0. The molecule has 1 aliphatic heterocycles. The predicted molar refractivity (Wildman–Crippen MR) is 34.2 cm³/mol. The SMILES string of the molecule is CC1(C)CCOC1C=O. The van der Waals surface area contributed by atoms with E-state index in [2.05, 4.69) is 13.8 Å². The van der Waals surface area contributed by atoms with E-state index in [1.165, 1.54) is 0 Å². The van der Waals surface area contributed by atoms with Crippen LogP contribution in [0.5, 0.6) is 0 Å². The number of carbonyl (C=O) groups excluding carboxylic acids is 1. The molecule has 1 unspecified atom stereocenters. The summed E-state index contributed by atoms with van der Waals surface area (Å²) in [6.45, 7) is 4.84. The van der Waals surface area contributed by atoms with Gasteiger partial charge in [0, 0.05) is 6.61 Å². The van der Waals surface area contributed by atoms with Crippen LogP contribution in [0.3, 0.4) is 0 Å². The highest BCUT2D eigenvalue weighted by Crippen LogP contribution is 2.32. The maximum absolute atomic E-state index is 10.3. The van der Waals surface area contributed by atoms with Gasteiger partial charge < -0.3 is 9.53 Å². The van der Waals surface area contributed by atoms with Crippen LogP contribution in [0.2, 0.25) is 0 Å². The van der Waals surface area contributed by atoms with E-state index >= 15 is 0 Å². The Labute approximate surface area is 55.2 Å². The number of hydrogen-bond donors (Lipinski definition) is 0. The molecule has 2 nitrogen and oxygen atoms in total. The van der Waals surface area contributed by atoms with Crippen molar-refractivity contribution in [2.24, 2.45) is 5.41 Å². The average Bonchev–Trinajstić information content (AvgIpc) is 2.08. The summed E-state index contributed by atoms with van der Waals surface area (Å²) in [5.41, 5.74) is 0.0712. The molecule has 1 heterocycles. The molecule has 1 aliphatic rings. The molecule has 0 saturated carbocycles. The Morgan fingerprint density at radius 1 is 1.67 bits per heavy atom. The van der Waals surface area contributed by atoms with Gasteiger partial charge in [-0.2, -0.15) is 0 Å². The van der Waals surface area contributed by atoms with Gasteiger partial charge in [-0.3, -0.25) is 0 Å². The third-order valence-electron chi connectivity index (χ3n) is 1.94. The molecule has 0 N–H and O–H groups in total. The van der Waals surface area contributed by atoms with Crippen molar-refractivity contribution in [1.29, 1.82) is 0 Å². The molecule has 0 aromatic heterocycles. The van der Waals surface area contributed by atoms with E-state index in [-0.39, 0.29) is 11.5 Å². The van der Waals surface area contributed by atoms with Gasteiger partial charge >= 0.3 is 0 Å². The molecule has 0 radical (unpaired) electrons. The Balaban J connectivity index is 2.62. The molecule has 1 atom stereocenters. The van der Waals surface area contributed by atoms with Crippen LogP contribution in [0.4, 0.5) is 0 Å². The first kappa shape index (κ1) is 6.75. The van der Waals surface area contributed by atoms with Crippen molar-refractivity contribution in [2.45, 2.75) is 26.4 Å². The summed E-state index contributed by atoms with van der Waals surface area (Å²) >= 11 is 0. The van der Waals surface area contributed by atoms with Crippen molar-refractivity contribution in [3.8, 4) is 0 Å². The second-order valence-electron chi connectivity index (χ2n) is 3.17. The summed E-state index contributed by atoms with van der Waals surface area (Å²) in [6, 6.07) is 0. The zero-order chi connectivity index (χ0) is 6.91. The van der Waals surface area contributed by atoms with E-state index in [4.69, 9.17) is 4.74 Å².